The van der Waals surface area contributed by atoms with Crippen LogP contribution in [0.4, 0.5) is 0 Å². The fraction of sp³-hybridized carbons (Fsp3) is 0.423. The van der Waals surface area contributed by atoms with E-state index in [2.05, 4.69) is 5.32 Å². The third kappa shape index (κ3) is 7.21. The third-order valence-electron chi connectivity index (χ3n) is 6.23. The summed E-state index contributed by atoms with van der Waals surface area (Å²) in [7, 11) is 0. The van der Waals surface area contributed by atoms with Gasteiger partial charge in [-0.2, -0.15) is 0 Å². The van der Waals surface area contributed by atoms with Gasteiger partial charge in [0, 0.05) is 31.6 Å². The molecule has 7 N–H and O–H groups in total. The van der Waals surface area contributed by atoms with Crippen molar-refractivity contribution in [1.82, 2.24) is 10.2 Å². The molecule has 8 heteroatoms. The van der Waals surface area contributed by atoms with Crippen LogP contribution in [0.5, 0.6) is 0 Å². The number of amides is 2. The topological polar surface area (TPSA) is 145 Å². The van der Waals surface area contributed by atoms with Crippen molar-refractivity contribution in [2.45, 2.75) is 56.8 Å². The minimum absolute atomic E-state index is 0.0927. The van der Waals surface area contributed by atoms with Gasteiger partial charge in [0.15, 0.2) is 5.78 Å². The van der Waals surface area contributed by atoms with Crippen molar-refractivity contribution in [3.8, 4) is 0 Å². The molecule has 1 fully saturated rings. The number of benzene rings is 2. The molecule has 2 aromatic rings. The second kappa shape index (κ2) is 11.9. The number of rotatable bonds is 10. The van der Waals surface area contributed by atoms with Gasteiger partial charge in [-0.05, 0) is 30.9 Å². The van der Waals surface area contributed by atoms with Crippen LogP contribution in [0, 0.1) is 6.92 Å². The summed E-state index contributed by atoms with van der Waals surface area (Å²) in [6.45, 7) is 2.67. The number of carbonyl (C=O) groups is 3. The molecule has 1 heterocycles. The zero-order valence-corrected chi connectivity index (χ0v) is 19.7. The van der Waals surface area contributed by atoms with E-state index in [1.165, 1.54) is 4.90 Å². The van der Waals surface area contributed by atoms with Crippen molar-refractivity contribution in [2.24, 2.45) is 17.2 Å². The van der Waals surface area contributed by atoms with Gasteiger partial charge in [-0.1, -0.05) is 60.2 Å². The van der Waals surface area contributed by atoms with Gasteiger partial charge in [0.25, 0.3) is 0 Å². The average Bonchev–Trinajstić information content (AvgIpc) is 3.15. The van der Waals surface area contributed by atoms with Crippen molar-refractivity contribution in [3.05, 3.63) is 71.3 Å². The maximum Gasteiger partial charge on any atom is 0.238 e. The SMILES string of the molecule is Cc1cccc(CC(=O)[C@H](CCc2ccccc2)NC(=O)[C@@H](N)CC(=O)N2C[C@@H](N)[C@@H](N)C2)c1. The van der Waals surface area contributed by atoms with Gasteiger partial charge in [0.2, 0.25) is 11.8 Å². The third-order valence-corrected chi connectivity index (χ3v) is 6.23. The van der Waals surface area contributed by atoms with Crippen LogP contribution in [0.15, 0.2) is 54.6 Å². The lowest BCUT2D eigenvalue weighted by molar-refractivity contribution is -0.134. The number of hydrogen-bond acceptors (Lipinski definition) is 6. The molecule has 3 rings (SSSR count). The van der Waals surface area contributed by atoms with Crippen molar-refractivity contribution >= 4 is 17.6 Å². The molecule has 1 saturated heterocycles. The Morgan fingerprint density at radius 2 is 1.65 bits per heavy atom. The van der Waals surface area contributed by atoms with Gasteiger partial charge in [-0.25, -0.2) is 0 Å². The second-order valence-corrected chi connectivity index (χ2v) is 9.15. The van der Waals surface area contributed by atoms with Crippen molar-refractivity contribution in [1.29, 1.82) is 0 Å². The van der Waals surface area contributed by atoms with Gasteiger partial charge in [-0.3, -0.25) is 14.4 Å². The Labute approximate surface area is 200 Å². The Hall–Kier alpha value is -3.07. The van der Waals surface area contributed by atoms with Crippen LogP contribution in [0.1, 0.15) is 29.5 Å². The summed E-state index contributed by atoms with van der Waals surface area (Å²) in [6, 6.07) is 15.2. The lowest BCUT2D eigenvalue weighted by Crippen LogP contribution is -2.50. The first-order valence-corrected chi connectivity index (χ1v) is 11.7. The maximum absolute atomic E-state index is 13.1. The van der Waals surface area contributed by atoms with Crippen LogP contribution in [0.2, 0.25) is 0 Å². The van der Waals surface area contributed by atoms with E-state index in [9.17, 15) is 14.4 Å². The molecule has 4 atom stereocenters. The Bertz CT molecular complexity index is 987. The molecule has 1 aliphatic heterocycles. The largest absolute Gasteiger partial charge is 0.345 e. The molecule has 2 aromatic carbocycles. The fourth-order valence-electron chi connectivity index (χ4n) is 4.16. The smallest absolute Gasteiger partial charge is 0.238 e. The van der Waals surface area contributed by atoms with Crippen molar-refractivity contribution < 1.29 is 14.4 Å². The Morgan fingerprint density at radius 1 is 1.00 bits per heavy atom. The van der Waals surface area contributed by atoms with Gasteiger partial charge < -0.3 is 27.4 Å². The first-order valence-electron chi connectivity index (χ1n) is 11.7. The molecule has 0 saturated carbocycles. The summed E-state index contributed by atoms with van der Waals surface area (Å²) in [5.74, 6) is -0.875. The number of hydrogen-bond donors (Lipinski definition) is 4. The number of nitrogens with two attached hydrogens (primary N) is 3. The van der Waals surface area contributed by atoms with E-state index >= 15 is 0 Å². The molecular formula is C26H35N5O3. The summed E-state index contributed by atoms with van der Waals surface area (Å²) in [4.78, 5) is 40.1. The molecule has 0 aromatic heterocycles. The minimum Gasteiger partial charge on any atom is -0.345 e. The summed E-state index contributed by atoms with van der Waals surface area (Å²) in [5.41, 5.74) is 20.9. The first-order chi connectivity index (χ1) is 16.2. The number of nitrogens with one attached hydrogen (secondary N) is 1. The van der Waals surface area contributed by atoms with Crippen LogP contribution in [-0.2, 0) is 27.2 Å². The quantitative estimate of drug-likeness (QED) is 0.401. The van der Waals surface area contributed by atoms with Gasteiger partial charge in [0.1, 0.15) is 0 Å². The predicted octanol–water partition coefficient (Wildman–Crippen LogP) is 0.438. The highest BCUT2D eigenvalue weighted by atomic mass is 16.2. The summed E-state index contributed by atoms with van der Waals surface area (Å²) >= 11 is 0. The second-order valence-electron chi connectivity index (χ2n) is 9.15. The molecule has 0 bridgehead atoms. The van der Waals surface area contributed by atoms with Gasteiger partial charge >= 0.3 is 0 Å². The number of aryl methyl sites for hydroxylation is 2. The molecule has 0 spiro atoms. The molecule has 0 aliphatic carbocycles. The van der Waals surface area contributed by atoms with E-state index in [0.717, 1.165) is 16.7 Å². The van der Waals surface area contributed by atoms with Gasteiger partial charge in [-0.15, -0.1) is 0 Å². The van der Waals surface area contributed by atoms with Crippen LogP contribution in [0.3, 0.4) is 0 Å². The van der Waals surface area contributed by atoms with Gasteiger partial charge in [0.05, 0.1) is 18.5 Å². The standard InChI is InChI=1S/C26H35N5O3/c1-17-6-5-9-19(12-17)13-24(32)23(11-10-18-7-3-2-4-8-18)30-26(34)20(27)14-25(33)31-15-21(28)22(29)16-31/h2-9,12,20-23H,10-11,13-16,27-29H2,1H3,(H,30,34)/t20-,21-,22+,23-/m0/s1. The minimum atomic E-state index is -1.06. The van der Waals surface area contributed by atoms with E-state index in [0.29, 0.717) is 25.9 Å². The van der Waals surface area contributed by atoms with Crippen LogP contribution >= 0.6 is 0 Å². The van der Waals surface area contributed by atoms with Crippen LogP contribution < -0.4 is 22.5 Å². The lowest BCUT2D eigenvalue weighted by atomic mass is 9.96. The highest BCUT2D eigenvalue weighted by molar-refractivity contribution is 5.93. The fourth-order valence-corrected chi connectivity index (χ4v) is 4.16. The predicted molar refractivity (Wildman–Crippen MR) is 132 cm³/mol. The number of nitrogens with zero attached hydrogens (tertiary/aromatic N) is 1. The zero-order valence-electron chi connectivity index (χ0n) is 19.7. The number of Topliss-reactive ketones (excluding diaryl/α,β-unsaturated/α-hetero) is 1. The Morgan fingerprint density at radius 3 is 2.29 bits per heavy atom. The van der Waals surface area contributed by atoms with E-state index in [-0.39, 0.29) is 36.6 Å². The lowest BCUT2D eigenvalue weighted by Gasteiger charge is -2.22. The van der Waals surface area contributed by atoms with E-state index in [1.54, 1.807) is 0 Å². The Balaban J connectivity index is 1.63. The maximum atomic E-state index is 13.1. The highest BCUT2D eigenvalue weighted by Gasteiger charge is 2.32. The number of ketones is 1. The van der Waals surface area contributed by atoms with Crippen molar-refractivity contribution in [3.63, 3.8) is 0 Å². The first kappa shape index (κ1) is 25.6. The molecule has 34 heavy (non-hydrogen) atoms. The molecule has 0 radical (unpaired) electrons. The highest BCUT2D eigenvalue weighted by Crippen LogP contribution is 2.12. The number of carbonyl (C=O) groups excluding carboxylic acids is 3. The summed E-state index contributed by atoms with van der Waals surface area (Å²) < 4.78 is 0. The molecular weight excluding hydrogens is 430 g/mol. The molecule has 1 aliphatic rings. The molecule has 8 nitrogen and oxygen atoms in total. The summed E-state index contributed by atoms with van der Waals surface area (Å²) in [6.07, 6.45) is 1.11. The Kier molecular flexibility index (Phi) is 8.92. The zero-order chi connectivity index (χ0) is 24.7. The van der Waals surface area contributed by atoms with E-state index in [1.807, 2.05) is 61.5 Å². The van der Waals surface area contributed by atoms with Crippen LogP contribution in [-0.4, -0.2) is 59.8 Å². The normalized spacial score (nSPS) is 19.5. The molecule has 0 unspecified atom stereocenters. The monoisotopic (exact) mass is 465 g/mol. The molecule has 182 valence electrons. The average molecular weight is 466 g/mol. The van der Waals surface area contributed by atoms with Crippen molar-refractivity contribution in [2.75, 3.05) is 13.1 Å². The van der Waals surface area contributed by atoms with E-state index in [4.69, 9.17) is 17.2 Å². The molecule has 2 amide bonds. The summed E-state index contributed by atoms with van der Waals surface area (Å²) in [5, 5.41) is 2.80. The van der Waals surface area contributed by atoms with Crippen LogP contribution in [0.25, 0.3) is 0 Å². The van der Waals surface area contributed by atoms with E-state index < -0.39 is 18.0 Å². The number of likely N-dealkylation sites (tertiary alicyclic amines) is 1.